The summed E-state index contributed by atoms with van der Waals surface area (Å²) >= 11 is 0. The number of aryl methyl sites for hydroxylation is 1. The van der Waals surface area contributed by atoms with Crippen molar-refractivity contribution in [1.82, 2.24) is 14.8 Å². The molecule has 1 aromatic rings. The van der Waals surface area contributed by atoms with Crippen LogP contribution in [0.2, 0.25) is 0 Å². The molecule has 2 atom stereocenters. The summed E-state index contributed by atoms with van der Waals surface area (Å²) in [5.41, 5.74) is 1.15. The van der Waals surface area contributed by atoms with Crippen LogP contribution in [0.5, 0.6) is 0 Å². The lowest BCUT2D eigenvalue weighted by Crippen LogP contribution is -2.54. The van der Waals surface area contributed by atoms with Crippen LogP contribution in [0, 0.1) is 19.8 Å². The second-order valence-electron chi connectivity index (χ2n) is 8.13. The molecule has 29 heavy (non-hydrogen) atoms. The van der Waals surface area contributed by atoms with Crippen LogP contribution >= 0.6 is 0 Å². The average molecular weight is 403 g/mol. The number of imide groups is 1. The van der Waals surface area contributed by atoms with Gasteiger partial charge in [-0.2, -0.15) is 0 Å². The van der Waals surface area contributed by atoms with Crippen LogP contribution < -0.4 is 5.32 Å². The van der Waals surface area contributed by atoms with Gasteiger partial charge >= 0.3 is 12.0 Å². The number of nitrogens with one attached hydrogen (secondary N) is 1. The molecule has 0 radical (unpaired) electrons. The molecule has 3 amide bonds. The lowest BCUT2D eigenvalue weighted by molar-refractivity contribution is -0.140. The Balaban J connectivity index is 1.76. The Labute approximate surface area is 170 Å². The Kier molecular flexibility index (Phi) is 5.82. The first-order valence-corrected chi connectivity index (χ1v) is 10.1. The fourth-order valence-electron chi connectivity index (χ4n) is 4.60. The number of hydrogen-bond acceptors (Lipinski definition) is 5. The van der Waals surface area contributed by atoms with Gasteiger partial charge in [0, 0.05) is 23.5 Å². The highest BCUT2D eigenvalue weighted by Gasteiger charge is 2.55. The number of esters is 1. The molecule has 1 spiro atoms. The van der Waals surface area contributed by atoms with E-state index in [0.717, 1.165) is 29.9 Å². The maximum atomic E-state index is 13.1. The Hall–Kier alpha value is -2.64. The average Bonchev–Trinajstić information content (AvgIpc) is 3.10. The lowest BCUT2D eigenvalue weighted by atomic mass is 9.73. The van der Waals surface area contributed by atoms with E-state index in [2.05, 4.69) is 10.1 Å². The highest BCUT2D eigenvalue weighted by atomic mass is 16.5. The molecule has 0 unspecified atom stereocenters. The number of carbonyl (C=O) groups excluding carboxylic acids is 4. The van der Waals surface area contributed by atoms with Crippen LogP contribution in [0.3, 0.4) is 0 Å². The van der Waals surface area contributed by atoms with Gasteiger partial charge in [-0.25, -0.2) is 4.79 Å². The number of ether oxygens (including phenoxy) is 1. The second kappa shape index (κ2) is 8.00. The zero-order valence-electron chi connectivity index (χ0n) is 17.5. The molecular formula is C21H29N3O5. The number of methoxy groups -OCH3 is 1. The summed E-state index contributed by atoms with van der Waals surface area (Å²) in [5, 5.41) is 2.87. The molecule has 2 fully saturated rings. The van der Waals surface area contributed by atoms with E-state index >= 15 is 0 Å². The number of Topliss-reactive ketones (excluding diaryl/α,β-unsaturated/α-hetero) is 1. The van der Waals surface area contributed by atoms with Gasteiger partial charge in [0.2, 0.25) is 0 Å². The number of aromatic nitrogens is 1. The van der Waals surface area contributed by atoms with Crippen molar-refractivity contribution in [2.45, 2.75) is 65.0 Å². The van der Waals surface area contributed by atoms with Crippen molar-refractivity contribution in [1.29, 1.82) is 0 Å². The van der Waals surface area contributed by atoms with Gasteiger partial charge in [-0.15, -0.1) is 0 Å². The molecule has 0 aromatic carbocycles. The summed E-state index contributed by atoms with van der Waals surface area (Å²) in [4.78, 5) is 51.0. The van der Waals surface area contributed by atoms with Crippen LogP contribution in [0.25, 0.3) is 0 Å². The maximum Gasteiger partial charge on any atom is 0.325 e. The zero-order chi connectivity index (χ0) is 21.3. The summed E-state index contributed by atoms with van der Waals surface area (Å²) in [7, 11) is 1.34. The molecule has 3 rings (SSSR count). The molecule has 0 bridgehead atoms. The predicted octanol–water partition coefficient (Wildman–Crippen LogP) is 2.35. The van der Waals surface area contributed by atoms with E-state index in [-0.39, 0.29) is 36.5 Å². The summed E-state index contributed by atoms with van der Waals surface area (Å²) in [6.45, 7) is 5.76. The fourth-order valence-corrected chi connectivity index (χ4v) is 4.60. The molecule has 8 heteroatoms. The summed E-state index contributed by atoms with van der Waals surface area (Å²) in [6, 6.07) is 1.25. The molecule has 2 aliphatic rings. The van der Waals surface area contributed by atoms with Crippen molar-refractivity contribution in [2.24, 2.45) is 5.92 Å². The van der Waals surface area contributed by atoms with Gasteiger partial charge in [-0.05, 0) is 38.7 Å². The van der Waals surface area contributed by atoms with Gasteiger partial charge < -0.3 is 14.6 Å². The van der Waals surface area contributed by atoms with E-state index in [1.807, 2.05) is 18.4 Å². The third-order valence-electron chi connectivity index (χ3n) is 6.44. The van der Waals surface area contributed by atoms with Gasteiger partial charge in [0.1, 0.15) is 5.54 Å². The molecule has 1 aliphatic heterocycles. The number of amides is 3. The number of urea groups is 1. The Morgan fingerprint density at radius 2 is 2.00 bits per heavy atom. The van der Waals surface area contributed by atoms with Crippen molar-refractivity contribution in [2.75, 3.05) is 13.7 Å². The first-order chi connectivity index (χ1) is 13.7. The number of rotatable bonds is 6. The van der Waals surface area contributed by atoms with Crippen LogP contribution in [-0.4, -0.2) is 52.4 Å². The third-order valence-corrected chi connectivity index (χ3v) is 6.44. The minimum atomic E-state index is -0.868. The molecule has 158 valence electrons. The molecule has 1 aliphatic carbocycles. The van der Waals surface area contributed by atoms with Crippen LogP contribution in [0.1, 0.15) is 60.8 Å². The van der Waals surface area contributed by atoms with Crippen LogP contribution in [0.15, 0.2) is 6.07 Å². The molecule has 1 saturated heterocycles. The third kappa shape index (κ3) is 3.68. The second-order valence-corrected chi connectivity index (χ2v) is 8.13. The monoisotopic (exact) mass is 403 g/mol. The van der Waals surface area contributed by atoms with Crippen molar-refractivity contribution in [3.63, 3.8) is 0 Å². The van der Waals surface area contributed by atoms with Gasteiger partial charge in [0.05, 0.1) is 20.1 Å². The normalized spacial score (nSPS) is 24.1. The predicted molar refractivity (Wildman–Crippen MR) is 105 cm³/mol. The number of carbonyl (C=O) groups is 4. The maximum absolute atomic E-state index is 13.1. The molecular weight excluding hydrogens is 374 g/mol. The smallest absolute Gasteiger partial charge is 0.325 e. The Bertz CT molecular complexity index is 859. The van der Waals surface area contributed by atoms with E-state index in [0.29, 0.717) is 24.2 Å². The van der Waals surface area contributed by atoms with Gasteiger partial charge in [-0.3, -0.25) is 19.3 Å². The molecule has 1 saturated carbocycles. The first kappa shape index (κ1) is 21.1. The van der Waals surface area contributed by atoms with Gasteiger partial charge in [0.15, 0.2) is 5.78 Å². The first-order valence-electron chi connectivity index (χ1n) is 10.1. The van der Waals surface area contributed by atoms with Crippen molar-refractivity contribution < 1.29 is 23.9 Å². The van der Waals surface area contributed by atoms with E-state index in [9.17, 15) is 19.2 Å². The number of nitrogens with zero attached hydrogens (tertiary/aromatic N) is 2. The number of ketones is 1. The number of hydrogen-bond donors (Lipinski definition) is 1. The summed E-state index contributed by atoms with van der Waals surface area (Å²) in [6.07, 6.45) is 3.64. The van der Waals surface area contributed by atoms with Gasteiger partial charge in [0.25, 0.3) is 5.91 Å². The van der Waals surface area contributed by atoms with Crippen molar-refractivity contribution in [3.8, 4) is 0 Å². The molecule has 1 N–H and O–H groups in total. The zero-order valence-corrected chi connectivity index (χ0v) is 17.5. The van der Waals surface area contributed by atoms with Crippen LogP contribution in [-0.2, 0) is 20.9 Å². The van der Waals surface area contributed by atoms with E-state index in [4.69, 9.17) is 0 Å². The topological polar surface area (TPSA) is 97.7 Å². The Morgan fingerprint density at radius 1 is 1.28 bits per heavy atom. The quantitative estimate of drug-likeness (QED) is 0.447. The molecule has 8 nitrogen and oxygen atoms in total. The molecule has 2 heterocycles. The minimum absolute atomic E-state index is 0.0520. The summed E-state index contributed by atoms with van der Waals surface area (Å²) in [5.74, 6) is -0.846. The van der Waals surface area contributed by atoms with Crippen molar-refractivity contribution in [3.05, 3.63) is 23.0 Å². The van der Waals surface area contributed by atoms with E-state index in [1.165, 1.54) is 7.11 Å². The SMILES string of the molecule is COC(=O)CCn1c(C)cc(C(=O)CN2C(=O)N[C@]3(CCCC[C@@H]3C)C2=O)c1C. The van der Waals surface area contributed by atoms with Gasteiger partial charge in [-0.1, -0.05) is 19.8 Å². The highest BCUT2D eigenvalue weighted by Crippen LogP contribution is 2.38. The van der Waals surface area contributed by atoms with Crippen LogP contribution in [0.4, 0.5) is 4.79 Å². The van der Waals surface area contributed by atoms with Crippen molar-refractivity contribution >= 4 is 23.7 Å². The Morgan fingerprint density at radius 3 is 2.66 bits per heavy atom. The highest BCUT2D eigenvalue weighted by molar-refractivity contribution is 6.11. The fraction of sp³-hybridized carbons (Fsp3) is 0.619. The lowest BCUT2D eigenvalue weighted by Gasteiger charge is -2.36. The van der Waals surface area contributed by atoms with E-state index in [1.54, 1.807) is 13.0 Å². The molecule has 1 aromatic heterocycles. The summed E-state index contributed by atoms with van der Waals surface area (Å²) < 4.78 is 6.55. The largest absolute Gasteiger partial charge is 0.469 e. The van der Waals surface area contributed by atoms with E-state index < -0.39 is 11.6 Å². The standard InChI is InChI=1S/C21H29N3O5/c1-13-7-5-6-9-21(13)19(27)24(20(28)22-21)12-17(25)16-11-14(2)23(15(16)3)10-8-18(26)29-4/h11,13H,5-10,12H2,1-4H3,(H,22,28)/t13-,21-/m0/s1. The minimum Gasteiger partial charge on any atom is -0.469 e.